The van der Waals surface area contributed by atoms with E-state index in [0.717, 1.165) is 24.2 Å². The average Bonchev–Trinajstić information content (AvgIpc) is 3.26. The highest BCUT2D eigenvalue weighted by molar-refractivity contribution is 5.91. The highest BCUT2D eigenvalue weighted by Crippen LogP contribution is 2.40. The van der Waals surface area contributed by atoms with Crippen molar-refractivity contribution in [1.29, 1.82) is 0 Å². The molecule has 0 radical (unpaired) electrons. The quantitative estimate of drug-likeness (QED) is 0.857. The number of hydrogen-bond donors (Lipinski definition) is 1. The molecule has 1 aliphatic rings. The Morgan fingerprint density at radius 2 is 2.14 bits per heavy atom. The van der Waals surface area contributed by atoms with E-state index in [0.29, 0.717) is 5.92 Å². The van der Waals surface area contributed by atoms with Gasteiger partial charge in [0.1, 0.15) is 5.82 Å². The number of carbonyl (C=O) groups excluding carboxylic acids is 1. The summed E-state index contributed by atoms with van der Waals surface area (Å²) >= 11 is 0. The van der Waals surface area contributed by atoms with E-state index in [4.69, 9.17) is 0 Å². The van der Waals surface area contributed by atoms with Gasteiger partial charge in [0.25, 0.3) is 0 Å². The van der Waals surface area contributed by atoms with Crippen LogP contribution in [0, 0.1) is 5.92 Å². The van der Waals surface area contributed by atoms with Gasteiger partial charge in [0.2, 0.25) is 5.91 Å². The monoisotopic (exact) mass is 281 g/mol. The molecule has 1 heterocycles. The third kappa shape index (κ3) is 3.40. The van der Waals surface area contributed by atoms with Crippen LogP contribution in [0.2, 0.25) is 0 Å². The summed E-state index contributed by atoms with van der Waals surface area (Å²) in [5, 5.41) is 3.08. The molecule has 1 fully saturated rings. The number of aryl methyl sites for hydroxylation is 1. The number of nitrogens with one attached hydrogen (secondary N) is 1. The van der Waals surface area contributed by atoms with Crippen molar-refractivity contribution in [3.05, 3.63) is 60.2 Å². The lowest BCUT2D eigenvalue weighted by Crippen LogP contribution is -2.30. The van der Waals surface area contributed by atoms with Crippen molar-refractivity contribution in [2.24, 2.45) is 13.0 Å². The Morgan fingerprint density at radius 3 is 2.76 bits per heavy atom. The van der Waals surface area contributed by atoms with Gasteiger partial charge < -0.3 is 9.88 Å². The first-order valence-corrected chi connectivity index (χ1v) is 7.25. The second-order valence-electron chi connectivity index (χ2n) is 5.46. The lowest BCUT2D eigenvalue weighted by atomic mass is 10.1. The Morgan fingerprint density at radius 1 is 1.38 bits per heavy atom. The zero-order valence-corrected chi connectivity index (χ0v) is 12.1. The molecule has 0 saturated heterocycles. The fourth-order valence-electron chi connectivity index (χ4n) is 2.44. The minimum Gasteiger partial charge on any atom is -0.342 e. The second kappa shape index (κ2) is 5.95. The summed E-state index contributed by atoms with van der Waals surface area (Å²) in [6, 6.07) is 9.83. The van der Waals surface area contributed by atoms with E-state index in [9.17, 15) is 4.79 Å². The number of benzene rings is 1. The average molecular weight is 281 g/mol. The first-order chi connectivity index (χ1) is 10.2. The summed E-state index contributed by atoms with van der Waals surface area (Å²) in [6.07, 6.45) is 9.42. The largest absolute Gasteiger partial charge is 0.342 e. The Kier molecular flexibility index (Phi) is 3.86. The van der Waals surface area contributed by atoms with Crippen molar-refractivity contribution in [1.82, 2.24) is 14.9 Å². The van der Waals surface area contributed by atoms with Gasteiger partial charge in [-0.3, -0.25) is 4.79 Å². The summed E-state index contributed by atoms with van der Waals surface area (Å²) in [5.74, 6) is 1.37. The molecule has 0 aliphatic heterocycles. The van der Waals surface area contributed by atoms with E-state index in [-0.39, 0.29) is 11.9 Å². The predicted molar refractivity (Wildman–Crippen MR) is 82.3 cm³/mol. The molecule has 3 rings (SSSR count). The number of amides is 1. The van der Waals surface area contributed by atoms with Gasteiger partial charge in [-0.15, -0.1) is 0 Å². The normalized spacial score (nSPS) is 16.0. The van der Waals surface area contributed by atoms with Crippen molar-refractivity contribution < 1.29 is 4.79 Å². The minimum atomic E-state index is -0.0706. The molecule has 108 valence electrons. The van der Waals surface area contributed by atoms with E-state index in [1.807, 2.05) is 54.2 Å². The highest BCUT2D eigenvalue weighted by Gasteiger charge is 2.35. The van der Waals surface area contributed by atoms with E-state index < -0.39 is 0 Å². The minimum absolute atomic E-state index is 0.0120. The molecule has 1 aromatic carbocycles. The molecule has 21 heavy (non-hydrogen) atoms. The molecule has 0 spiro atoms. The third-order valence-electron chi connectivity index (χ3n) is 3.75. The Hall–Kier alpha value is -2.36. The molecule has 1 aliphatic carbocycles. The van der Waals surface area contributed by atoms with E-state index in [1.165, 1.54) is 0 Å². The van der Waals surface area contributed by atoms with Gasteiger partial charge in [-0.05, 0) is 30.4 Å². The van der Waals surface area contributed by atoms with Crippen LogP contribution in [-0.2, 0) is 11.8 Å². The Labute approximate surface area is 124 Å². The second-order valence-corrected chi connectivity index (χ2v) is 5.46. The fourth-order valence-corrected chi connectivity index (χ4v) is 2.44. The van der Waals surface area contributed by atoms with E-state index in [2.05, 4.69) is 10.3 Å². The van der Waals surface area contributed by atoms with Crippen molar-refractivity contribution in [2.45, 2.75) is 18.9 Å². The predicted octanol–water partition coefficient (Wildman–Crippen LogP) is 2.70. The molecule has 2 aromatic rings. The third-order valence-corrected chi connectivity index (χ3v) is 3.75. The van der Waals surface area contributed by atoms with Crippen LogP contribution in [0.15, 0.2) is 48.8 Å². The van der Waals surface area contributed by atoms with Crippen LogP contribution in [0.1, 0.15) is 30.3 Å². The molecule has 4 heteroatoms. The summed E-state index contributed by atoms with van der Waals surface area (Å²) in [7, 11) is 1.96. The number of hydrogen-bond acceptors (Lipinski definition) is 2. The van der Waals surface area contributed by atoms with Gasteiger partial charge in [0.05, 0.1) is 6.04 Å². The summed E-state index contributed by atoms with van der Waals surface area (Å²) in [4.78, 5) is 16.5. The van der Waals surface area contributed by atoms with Gasteiger partial charge in [-0.1, -0.05) is 30.3 Å². The maximum absolute atomic E-state index is 12.1. The molecular weight excluding hydrogens is 262 g/mol. The first kappa shape index (κ1) is 13.6. The van der Waals surface area contributed by atoms with E-state index >= 15 is 0 Å². The van der Waals surface area contributed by atoms with Gasteiger partial charge in [0, 0.05) is 25.5 Å². The van der Waals surface area contributed by atoms with Crippen LogP contribution in [-0.4, -0.2) is 15.5 Å². The maximum atomic E-state index is 12.1. The van der Waals surface area contributed by atoms with Crippen LogP contribution < -0.4 is 5.32 Å². The Bertz CT molecular complexity index is 641. The molecule has 4 nitrogen and oxygen atoms in total. The number of rotatable bonds is 5. The highest BCUT2D eigenvalue weighted by atomic mass is 16.1. The number of carbonyl (C=O) groups is 1. The van der Waals surface area contributed by atoms with Gasteiger partial charge in [-0.25, -0.2) is 4.98 Å². The molecule has 0 bridgehead atoms. The van der Waals surface area contributed by atoms with Crippen LogP contribution in [0.5, 0.6) is 0 Å². The van der Waals surface area contributed by atoms with Crippen molar-refractivity contribution in [3.63, 3.8) is 0 Å². The van der Waals surface area contributed by atoms with Gasteiger partial charge in [0.15, 0.2) is 0 Å². The van der Waals surface area contributed by atoms with Crippen molar-refractivity contribution >= 4 is 12.0 Å². The molecule has 1 aromatic heterocycles. The Balaban J connectivity index is 1.68. The van der Waals surface area contributed by atoms with Crippen LogP contribution in [0.3, 0.4) is 0 Å². The molecular formula is C17H19N3O. The molecule has 1 amide bonds. The van der Waals surface area contributed by atoms with Gasteiger partial charge in [-0.2, -0.15) is 0 Å². The number of nitrogens with zero attached hydrogens (tertiary/aromatic N) is 2. The smallest absolute Gasteiger partial charge is 0.244 e. The first-order valence-electron chi connectivity index (χ1n) is 7.25. The fraction of sp³-hybridized carbons (Fsp3) is 0.294. The van der Waals surface area contributed by atoms with E-state index in [1.54, 1.807) is 12.3 Å². The number of aromatic nitrogens is 2. The van der Waals surface area contributed by atoms with Crippen molar-refractivity contribution in [2.75, 3.05) is 0 Å². The maximum Gasteiger partial charge on any atom is 0.244 e. The molecule has 1 saturated carbocycles. The van der Waals surface area contributed by atoms with Crippen LogP contribution in [0.4, 0.5) is 0 Å². The van der Waals surface area contributed by atoms with Crippen LogP contribution in [0.25, 0.3) is 6.08 Å². The standard InChI is InChI=1S/C17H19N3O/c1-20-12-11-18-17(20)16(14-8-9-14)19-15(21)10-7-13-5-3-2-4-6-13/h2-7,10-12,14,16H,8-9H2,1H3,(H,19,21). The zero-order chi connectivity index (χ0) is 14.7. The topological polar surface area (TPSA) is 46.9 Å². The summed E-state index contributed by atoms with van der Waals surface area (Å²) < 4.78 is 1.98. The summed E-state index contributed by atoms with van der Waals surface area (Å²) in [5.41, 5.74) is 1.02. The van der Waals surface area contributed by atoms with Crippen molar-refractivity contribution in [3.8, 4) is 0 Å². The summed E-state index contributed by atoms with van der Waals surface area (Å²) in [6.45, 7) is 0. The molecule has 1 unspecified atom stereocenters. The van der Waals surface area contributed by atoms with Crippen LogP contribution >= 0.6 is 0 Å². The lowest BCUT2D eigenvalue weighted by molar-refractivity contribution is -0.117. The molecule has 1 atom stereocenters. The molecule has 1 N–H and O–H groups in total. The SMILES string of the molecule is Cn1ccnc1C(NC(=O)C=Cc1ccccc1)C1CC1. The zero-order valence-electron chi connectivity index (χ0n) is 12.1. The van der Waals surface area contributed by atoms with Gasteiger partial charge >= 0.3 is 0 Å². The lowest BCUT2D eigenvalue weighted by Gasteiger charge is -2.17. The number of imidazole rings is 1.